The summed E-state index contributed by atoms with van der Waals surface area (Å²) in [5, 5.41) is 5.66. The first-order chi connectivity index (χ1) is 14.8. The molecule has 0 bridgehead atoms. The fourth-order valence-electron chi connectivity index (χ4n) is 3.58. The summed E-state index contributed by atoms with van der Waals surface area (Å²) in [4.78, 5) is 24.4. The van der Waals surface area contributed by atoms with Gasteiger partial charge in [0.2, 0.25) is 21.8 Å². The molecule has 31 heavy (non-hydrogen) atoms. The molecule has 2 heterocycles. The van der Waals surface area contributed by atoms with Gasteiger partial charge >= 0.3 is 0 Å². The van der Waals surface area contributed by atoms with Crippen molar-refractivity contribution in [3.63, 3.8) is 0 Å². The predicted octanol–water partition coefficient (Wildman–Crippen LogP) is 1.28. The Morgan fingerprint density at radius 2 is 1.84 bits per heavy atom. The van der Waals surface area contributed by atoms with Gasteiger partial charge in [-0.25, -0.2) is 8.42 Å². The van der Waals surface area contributed by atoms with Gasteiger partial charge in [0.25, 0.3) is 0 Å². The zero-order valence-electron chi connectivity index (χ0n) is 18.1. The average molecular weight is 454 g/mol. The number of piperidine rings is 1. The molecule has 0 radical (unpaired) electrons. The van der Waals surface area contributed by atoms with Crippen LogP contribution >= 0.6 is 0 Å². The van der Waals surface area contributed by atoms with E-state index in [2.05, 4.69) is 10.6 Å². The molecule has 2 aliphatic rings. The van der Waals surface area contributed by atoms with Crippen molar-refractivity contribution in [3.05, 3.63) is 18.2 Å². The highest BCUT2D eigenvalue weighted by Gasteiger charge is 2.32. The van der Waals surface area contributed by atoms with Gasteiger partial charge in [0, 0.05) is 44.1 Å². The number of ether oxygens (including phenoxy) is 2. The molecule has 1 aromatic rings. The van der Waals surface area contributed by atoms with Crippen molar-refractivity contribution in [2.45, 2.75) is 50.5 Å². The molecule has 10 heteroatoms. The van der Waals surface area contributed by atoms with Crippen LogP contribution in [-0.4, -0.2) is 63.4 Å². The Balaban J connectivity index is 1.48. The number of sulfonamides is 1. The van der Waals surface area contributed by atoms with Crippen LogP contribution in [-0.2, 0) is 19.6 Å². The number of amides is 2. The van der Waals surface area contributed by atoms with E-state index < -0.39 is 10.0 Å². The second kappa shape index (κ2) is 10.3. The van der Waals surface area contributed by atoms with Crippen LogP contribution in [0.5, 0.6) is 11.5 Å². The number of nitrogens with zero attached hydrogens (tertiary/aromatic N) is 1. The Kier molecular flexibility index (Phi) is 7.77. The maximum absolute atomic E-state index is 13.0. The average Bonchev–Trinajstić information content (AvgIpc) is 2.78. The number of hydrogen-bond donors (Lipinski definition) is 2. The van der Waals surface area contributed by atoms with E-state index in [4.69, 9.17) is 9.47 Å². The lowest BCUT2D eigenvalue weighted by molar-refractivity contribution is -0.126. The quantitative estimate of drug-likeness (QED) is 0.613. The van der Waals surface area contributed by atoms with Crippen LogP contribution in [0.15, 0.2) is 23.1 Å². The molecule has 1 saturated heterocycles. The van der Waals surface area contributed by atoms with E-state index in [1.54, 1.807) is 6.07 Å². The lowest BCUT2D eigenvalue weighted by Gasteiger charge is -2.30. The largest absolute Gasteiger partial charge is 0.486 e. The van der Waals surface area contributed by atoms with Crippen molar-refractivity contribution >= 4 is 21.8 Å². The van der Waals surface area contributed by atoms with E-state index in [0.29, 0.717) is 37.6 Å². The summed E-state index contributed by atoms with van der Waals surface area (Å²) in [6.07, 6.45) is 1.96. The molecule has 2 N–H and O–H groups in total. The summed E-state index contributed by atoms with van der Waals surface area (Å²) >= 11 is 0. The van der Waals surface area contributed by atoms with Gasteiger partial charge < -0.3 is 20.1 Å². The monoisotopic (exact) mass is 453 g/mol. The van der Waals surface area contributed by atoms with Gasteiger partial charge in [-0.15, -0.1) is 0 Å². The van der Waals surface area contributed by atoms with Crippen molar-refractivity contribution in [2.24, 2.45) is 5.92 Å². The number of nitrogens with one attached hydrogen (secondary N) is 2. The molecule has 2 aliphatic heterocycles. The van der Waals surface area contributed by atoms with Gasteiger partial charge in [-0.1, -0.05) is 6.92 Å². The van der Waals surface area contributed by atoms with Gasteiger partial charge in [-0.3, -0.25) is 9.59 Å². The van der Waals surface area contributed by atoms with Gasteiger partial charge in [0.1, 0.15) is 13.2 Å². The Hall–Kier alpha value is -2.33. The molecular weight excluding hydrogens is 422 g/mol. The van der Waals surface area contributed by atoms with Crippen LogP contribution in [0.25, 0.3) is 0 Å². The summed E-state index contributed by atoms with van der Waals surface area (Å²) in [6.45, 7) is 5.56. The van der Waals surface area contributed by atoms with E-state index in [1.807, 2.05) is 13.8 Å². The Morgan fingerprint density at radius 1 is 1.16 bits per heavy atom. The molecule has 3 rings (SSSR count). The van der Waals surface area contributed by atoms with E-state index >= 15 is 0 Å². The minimum atomic E-state index is -3.67. The highest BCUT2D eigenvalue weighted by Crippen LogP contribution is 2.34. The Labute approximate surface area is 183 Å². The molecule has 2 amide bonds. The molecule has 0 aliphatic carbocycles. The van der Waals surface area contributed by atoms with Gasteiger partial charge in [0.05, 0.1) is 4.90 Å². The molecule has 9 nitrogen and oxygen atoms in total. The Bertz CT molecular complexity index is 896. The van der Waals surface area contributed by atoms with Crippen LogP contribution in [0.2, 0.25) is 0 Å². The zero-order valence-corrected chi connectivity index (χ0v) is 18.9. The van der Waals surface area contributed by atoms with Crippen molar-refractivity contribution in [1.82, 2.24) is 14.9 Å². The van der Waals surface area contributed by atoms with Crippen molar-refractivity contribution in [3.8, 4) is 11.5 Å². The van der Waals surface area contributed by atoms with Gasteiger partial charge in [0.15, 0.2) is 11.5 Å². The lowest BCUT2D eigenvalue weighted by Crippen LogP contribution is -2.43. The second-order valence-corrected chi connectivity index (χ2v) is 9.84. The zero-order chi connectivity index (χ0) is 22.4. The first kappa shape index (κ1) is 23.3. The van der Waals surface area contributed by atoms with Crippen LogP contribution in [0, 0.1) is 5.92 Å². The molecule has 1 aromatic carbocycles. The van der Waals surface area contributed by atoms with Crippen LogP contribution in [0.1, 0.15) is 39.5 Å². The predicted molar refractivity (Wildman–Crippen MR) is 114 cm³/mol. The molecule has 0 spiro atoms. The smallest absolute Gasteiger partial charge is 0.243 e. The minimum absolute atomic E-state index is 0.0880. The third kappa shape index (κ3) is 5.88. The van der Waals surface area contributed by atoms with Gasteiger partial charge in [-0.2, -0.15) is 4.31 Å². The summed E-state index contributed by atoms with van der Waals surface area (Å²) in [5.74, 6) is 0.490. The third-order valence-corrected chi connectivity index (χ3v) is 7.54. The van der Waals surface area contributed by atoms with Crippen LogP contribution < -0.4 is 20.1 Å². The summed E-state index contributed by atoms with van der Waals surface area (Å²) in [7, 11) is -3.67. The number of benzene rings is 1. The minimum Gasteiger partial charge on any atom is -0.486 e. The fourth-order valence-corrected chi connectivity index (χ4v) is 5.07. The maximum atomic E-state index is 13.0. The van der Waals surface area contributed by atoms with E-state index in [1.165, 1.54) is 16.4 Å². The topological polar surface area (TPSA) is 114 Å². The molecule has 0 saturated carbocycles. The second-order valence-electron chi connectivity index (χ2n) is 7.90. The maximum Gasteiger partial charge on any atom is 0.243 e. The van der Waals surface area contributed by atoms with Crippen molar-refractivity contribution in [1.29, 1.82) is 0 Å². The number of hydrogen-bond acceptors (Lipinski definition) is 6. The first-order valence-electron chi connectivity index (χ1n) is 10.8. The Morgan fingerprint density at radius 3 is 2.52 bits per heavy atom. The lowest BCUT2D eigenvalue weighted by atomic mass is 9.97. The number of rotatable bonds is 8. The summed E-state index contributed by atoms with van der Waals surface area (Å²) in [5.41, 5.74) is 0. The number of fused-ring (bicyclic) bond motifs is 1. The highest BCUT2D eigenvalue weighted by molar-refractivity contribution is 7.89. The fraction of sp³-hybridized carbons (Fsp3) is 0.619. The molecule has 172 valence electrons. The molecule has 1 fully saturated rings. The van der Waals surface area contributed by atoms with Crippen LogP contribution in [0.3, 0.4) is 0 Å². The number of carbonyl (C=O) groups is 2. The SMILES string of the molecule is CCC(C)NC(=O)CCNC(=O)C1CCN(S(=O)(=O)c2ccc3c(c2)OCCO3)CC1. The standard InChI is InChI=1S/C21H31N3O6S/c1-3-15(2)23-20(25)6-9-22-21(26)16-7-10-24(11-8-16)31(27,28)17-4-5-18-19(14-17)30-13-12-29-18/h4-5,14-16H,3,6-13H2,1-2H3,(H,22,26)(H,23,25). The summed E-state index contributed by atoms with van der Waals surface area (Å²) in [6, 6.07) is 4.74. The van der Waals surface area contributed by atoms with Gasteiger partial charge in [-0.05, 0) is 38.3 Å². The molecular formula is C21H31N3O6S. The van der Waals surface area contributed by atoms with Crippen LogP contribution in [0.4, 0.5) is 0 Å². The first-order valence-corrected chi connectivity index (χ1v) is 12.2. The summed E-state index contributed by atoms with van der Waals surface area (Å²) < 4.78 is 38.3. The molecule has 1 atom stereocenters. The number of carbonyl (C=O) groups excluding carboxylic acids is 2. The third-order valence-electron chi connectivity index (χ3n) is 5.65. The molecule has 1 unspecified atom stereocenters. The van der Waals surface area contributed by atoms with Crippen molar-refractivity contribution < 1.29 is 27.5 Å². The normalized spacial score (nSPS) is 18.3. The highest BCUT2D eigenvalue weighted by atomic mass is 32.2. The van der Waals surface area contributed by atoms with E-state index in [9.17, 15) is 18.0 Å². The van der Waals surface area contributed by atoms with E-state index in [0.717, 1.165) is 6.42 Å². The molecule has 0 aromatic heterocycles. The van der Waals surface area contributed by atoms with Crippen molar-refractivity contribution in [2.75, 3.05) is 32.8 Å². The van der Waals surface area contributed by atoms with E-state index in [-0.39, 0.29) is 54.7 Å².